The number of hydrogen-bond acceptors (Lipinski definition) is 6. The van der Waals surface area contributed by atoms with Crippen LogP contribution in [0.3, 0.4) is 0 Å². The molecule has 1 fully saturated rings. The van der Waals surface area contributed by atoms with Gasteiger partial charge >= 0.3 is 0 Å². The molecule has 0 radical (unpaired) electrons. The smallest absolute Gasteiger partial charge is 0.200 e. The molecule has 2 aromatic heterocycles. The molecule has 18 heavy (non-hydrogen) atoms. The predicted molar refractivity (Wildman–Crippen MR) is 67.0 cm³/mol. The summed E-state index contributed by atoms with van der Waals surface area (Å²) in [6, 6.07) is 4.02. The van der Waals surface area contributed by atoms with Gasteiger partial charge in [-0.3, -0.25) is 0 Å². The first-order chi connectivity index (χ1) is 8.86. The highest BCUT2D eigenvalue weighted by molar-refractivity contribution is 5.42. The second-order valence-electron chi connectivity index (χ2n) is 4.78. The fourth-order valence-electron chi connectivity index (χ4n) is 2.65. The van der Waals surface area contributed by atoms with E-state index in [2.05, 4.69) is 25.9 Å². The van der Waals surface area contributed by atoms with Crippen LogP contribution in [0.4, 0.5) is 5.82 Å². The Kier molecular flexibility index (Phi) is 3.06. The molecule has 1 unspecified atom stereocenters. The summed E-state index contributed by atoms with van der Waals surface area (Å²) >= 11 is 0. The maximum Gasteiger partial charge on any atom is 0.200 e. The molecule has 7 nitrogen and oxygen atoms in total. The monoisotopic (exact) mass is 247 g/mol. The summed E-state index contributed by atoms with van der Waals surface area (Å²) in [5.41, 5.74) is 6.50. The van der Waals surface area contributed by atoms with Crippen LogP contribution in [0.1, 0.15) is 25.7 Å². The fourth-order valence-corrected chi connectivity index (χ4v) is 2.65. The van der Waals surface area contributed by atoms with Crippen molar-refractivity contribution in [3.05, 3.63) is 12.1 Å². The van der Waals surface area contributed by atoms with E-state index in [0.29, 0.717) is 18.1 Å². The lowest BCUT2D eigenvalue weighted by Gasteiger charge is -2.23. The van der Waals surface area contributed by atoms with Crippen LogP contribution in [-0.2, 0) is 0 Å². The topological polar surface area (TPSA) is 94.0 Å². The normalized spacial score (nSPS) is 18.3. The Hall–Kier alpha value is -1.76. The van der Waals surface area contributed by atoms with Gasteiger partial charge in [-0.05, 0) is 41.3 Å². The van der Waals surface area contributed by atoms with Gasteiger partial charge in [0.1, 0.15) is 5.82 Å². The summed E-state index contributed by atoms with van der Waals surface area (Å²) in [5.74, 6) is 1.43. The molecule has 0 aromatic carbocycles. The third-order valence-electron chi connectivity index (χ3n) is 3.63. The van der Waals surface area contributed by atoms with Crippen LogP contribution >= 0.6 is 0 Å². The van der Waals surface area contributed by atoms with E-state index >= 15 is 0 Å². The van der Waals surface area contributed by atoms with E-state index in [1.165, 1.54) is 30.3 Å². The van der Waals surface area contributed by atoms with Crippen molar-refractivity contribution in [3.8, 4) is 0 Å². The zero-order chi connectivity index (χ0) is 12.4. The minimum atomic E-state index is 0.286. The zero-order valence-electron chi connectivity index (χ0n) is 10.2. The standard InChI is InChI=1S/C11H17N7/c12-7-9(8-3-1-2-4-8)13-10-5-6-11-14-16-17-18(11)15-10/h5-6,8-9H,1-4,7,12H2,(H,13,15). The molecule has 1 aliphatic rings. The molecule has 0 bridgehead atoms. The van der Waals surface area contributed by atoms with Crippen LogP contribution in [0.2, 0.25) is 0 Å². The van der Waals surface area contributed by atoms with Crippen LogP contribution < -0.4 is 11.1 Å². The maximum atomic E-state index is 5.86. The number of nitrogens with one attached hydrogen (secondary N) is 1. The summed E-state index contributed by atoms with van der Waals surface area (Å²) in [5, 5.41) is 18.9. The minimum absolute atomic E-state index is 0.286. The van der Waals surface area contributed by atoms with E-state index in [1.807, 2.05) is 12.1 Å². The van der Waals surface area contributed by atoms with Crippen molar-refractivity contribution < 1.29 is 0 Å². The molecule has 2 aromatic rings. The number of hydrogen-bond donors (Lipinski definition) is 2. The molecule has 3 rings (SSSR count). The van der Waals surface area contributed by atoms with Crippen LogP contribution in [0, 0.1) is 5.92 Å². The van der Waals surface area contributed by atoms with Crippen LogP contribution in [-0.4, -0.2) is 37.8 Å². The Bertz CT molecular complexity index is 517. The SMILES string of the molecule is NCC(Nc1ccc2nnnn2n1)C1CCCC1. The van der Waals surface area contributed by atoms with Gasteiger partial charge in [-0.1, -0.05) is 12.8 Å². The van der Waals surface area contributed by atoms with Crippen LogP contribution in [0.5, 0.6) is 0 Å². The molecule has 7 heteroatoms. The Morgan fingerprint density at radius 1 is 1.39 bits per heavy atom. The highest BCUT2D eigenvalue weighted by Gasteiger charge is 2.24. The molecule has 0 spiro atoms. The second kappa shape index (κ2) is 4.85. The van der Waals surface area contributed by atoms with Gasteiger partial charge < -0.3 is 11.1 Å². The first-order valence-corrected chi connectivity index (χ1v) is 6.39. The molecule has 2 heterocycles. The molecule has 0 amide bonds. The molecule has 1 aliphatic carbocycles. The van der Waals surface area contributed by atoms with E-state index in [-0.39, 0.29) is 6.04 Å². The van der Waals surface area contributed by atoms with Crippen molar-refractivity contribution in [3.63, 3.8) is 0 Å². The Balaban J connectivity index is 1.76. The summed E-state index contributed by atoms with van der Waals surface area (Å²) in [6.45, 7) is 0.625. The average Bonchev–Trinajstić information content (AvgIpc) is 3.06. The van der Waals surface area contributed by atoms with Crippen molar-refractivity contribution in [1.82, 2.24) is 25.3 Å². The third kappa shape index (κ3) is 2.13. The Morgan fingerprint density at radius 2 is 2.22 bits per heavy atom. The molecular weight excluding hydrogens is 230 g/mol. The second-order valence-corrected chi connectivity index (χ2v) is 4.78. The van der Waals surface area contributed by atoms with Gasteiger partial charge in [0, 0.05) is 12.6 Å². The van der Waals surface area contributed by atoms with Crippen LogP contribution in [0.15, 0.2) is 12.1 Å². The number of nitrogens with zero attached hydrogens (tertiary/aromatic N) is 5. The van der Waals surface area contributed by atoms with E-state index in [4.69, 9.17) is 5.73 Å². The highest BCUT2D eigenvalue weighted by Crippen LogP contribution is 2.28. The van der Waals surface area contributed by atoms with Gasteiger partial charge in [0.15, 0.2) is 5.65 Å². The molecule has 3 N–H and O–H groups in total. The van der Waals surface area contributed by atoms with E-state index in [1.54, 1.807) is 0 Å². The van der Waals surface area contributed by atoms with E-state index < -0.39 is 0 Å². The van der Waals surface area contributed by atoms with Gasteiger partial charge in [0.25, 0.3) is 0 Å². The molecular formula is C11H17N7. The van der Waals surface area contributed by atoms with Gasteiger partial charge in [-0.15, -0.1) is 14.8 Å². The lowest BCUT2D eigenvalue weighted by molar-refractivity contribution is 0.460. The molecule has 0 saturated heterocycles. The van der Waals surface area contributed by atoms with Gasteiger partial charge in [-0.2, -0.15) is 0 Å². The fraction of sp³-hybridized carbons (Fsp3) is 0.636. The number of fused-ring (bicyclic) bond motifs is 1. The number of aromatic nitrogens is 5. The number of rotatable bonds is 4. The minimum Gasteiger partial charge on any atom is -0.364 e. The van der Waals surface area contributed by atoms with Crippen molar-refractivity contribution in [2.45, 2.75) is 31.7 Å². The quantitative estimate of drug-likeness (QED) is 0.814. The predicted octanol–water partition coefficient (Wildman–Crippen LogP) is 0.449. The summed E-state index contributed by atoms with van der Waals surface area (Å²) in [7, 11) is 0. The van der Waals surface area contributed by atoms with Crippen molar-refractivity contribution >= 4 is 11.5 Å². The van der Waals surface area contributed by atoms with Gasteiger partial charge in [0.05, 0.1) is 0 Å². The Labute approximate surface area is 105 Å². The lowest BCUT2D eigenvalue weighted by Crippen LogP contribution is -2.35. The van der Waals surface area contributed by atoms with Crippen molar-refractivity contribution in [1.29, 1.82) is 0 Å². The number of nitrogens with two attached hydrogens (primary N) is 1. The van der Waals surface area contributed by atoms with Gasteiger partial charge in [0.2, 0.25) is 0 Å². The first kappa shape index (κ1) is 11.3. The third-order valence-corrected chi connectivity index (χ3v) is 3.63. The summed E-state index contributed by atoms with van der Waals surface area (Å²) < 4.78 is 1.42. The average molecular weight is 247 g/mol. The highest BCUT2D eigenvalue weighted by atomic mass is 15.6. The summed E-state index contributed by atoms with van der Waals surface area (Å²) in [4.78, 5) is 0. The first-order valence-electron chi connectivity index (χ1n) is 6.39. The van der Waals surface area contributed by atoms with Crippen LogP contribution in [0.25, 0.3) is 5.65 Å². The van der Waals surface area contributed by atoms with Gasteiger partial charge in [-0.25, -0.2) is 0 Å². The zero-order valence-corrected chi connectivity index (χ0v) is 10.2. The molecule has 1 atom stereocenters. The number of tetrazole rings is 1. The maximum absolute atomic E-state index is 5.86. The van der Waals surface area contributed by atoms with E-state index in [0.717, 1.165) is 5.82 Å². The lowest BCUT2D eigenvalue weighted by atomic mass is 9.98. The van der Waals surface area contributed by atoms with Crippen molar-refractivity contribution in [2.75, 3.05) is 11.9 Å². The molecule has 1 saturated carbocycles. The molecule has 0 aliphatic heterocycles. The van der Waals surface area contributed by atoms with Crippen molar-refractivity contribution in [2.24, 2.45) is 11.7 Å². The van der Waals surface area contributed by atoms with E-state index in [9.17, 15) is 0 Å². The molecule has 96 valence electrons. The largest absolute Gasteiger partial charge is 0.364 e. The number of anilines is 1. The Morgan fingerprint density at radius 3 is 3.00 bits per heavy atom. The summed E-state index contributed by atoms with van der Waals surface area (Å²) in [6.07, 6.45) is 5.12.